The van der Waals surface area contributed by atoms with E-state index in [4.69, 9.17) is 5.11 Å². The van der Waals surface area contributed by atoms with Crippen molar-refractivity contribution in [2.24, 2.45) is 0 Å². The summed E-state index contributed by atoms with van der Waals surface area (Å²) in [6.45, 7) is 3.86. The number of aromatic carboxylic acids is 1. The van der Waals surface area contributed by atoms with Gasteiger partial charge in [0.15, 0.2) is 0 Å². The van der Waals surface area contributed by atoms with Crippen molar-refractivity contribution in [3.8, 4) is 0 Å². The van der Waals surface area contributed by atoms with Gasteiger partial charge in [-0.25, -0.2) is 13.2 Å². The average Bonchev–Trinajstić information content (AvgIpc) is 3.04. The third-order valence-electron chi connectivity index (χ3n) is 3.49. The van der Waals surface area contributed by atoms with Crippen LogP contribution in [0, 0.1) is 0 Å². The zero-order valence-corrected chi connectivity index (χ0v) is 14.5. The molecule has 0 aliphatic heterocycles. The molecule has 1 aliphatic carbocycles. The molecule has 0 atom stereocenters. The van der Waals surface area contributed by atoms with E-state index in [9.17, 15) is 13.2 Å². The highest BCUT2D eigenvalue weighted by Crippen LogP contribution is 2.36. The fourth-order valence-corrected chi connectivity index (χ4v) is 6.53. The molecule has 1 saturated carbocycles. The van der Waals surface area contributed by atoms with Gasteiger partial charge in [0.25, 0.3) is 0 Å². The smallest absolute Gasteiger partial charge is 0.345 e. The lowest BCUT2D eigenvalue weighted by molar-refractivity contribution is 0.0702. The zero-order chi connectivity index (χ0) is 15.6. The van der Waals surface area contributed by atoms with Crippen LogP contribution < -0.4 is 0 Å². The zero-order valence-electron chi connectivity index (χ0n) is 11.3. The SMILES string of the molecule is C=CCN(C1CCCC1)S(=O)(=O)c1cc(C(=O)O)sc1Br. The molecule has 5 nitrogen and oxygen atoms in total. The van der Waals surface area contributed by atoms with Crippen LogP contribution in [0.4, 0.5) is 0 Å². The topological polar surface area (TPSA) is 74.7 Å². The molecule has 0 unspecified atom stereocenters. The Morgan fingerprint density at radius 3 is 2.62 bits per heavy atom. The minimum absolute atomic E-state index is 0.00502. The van der Waals surface area contributed by atoms with E-state index in [0.717, 1.165) is 37.0 Å². The van der Waals surface area contributed by atoms with E-state index < -0.39 is 16.0 Å². The first-order valence-electron chi connectivity index (χ1n) is 6.53. The monoisotopic (exact) mass is 393 g/mol. The van der Waals surface area contributed by atoms with E-state index in [1.54, 1.807) is 6.08 Å². The summed E-state index contributed by atoms with van der Waals surface area (Å²) in [5, 5.41) is 9.01. The van der Waals surface area contributed by atoms with Crippen molar-refractivity contribution in [1.29, 1.82) is 0 Å². The van der Waals surface area contributed by atoms with Gasteiger partial charge < -0.3 is 5.11 Å². The van der Waals surface area contributed by atoms with Crippen molar-refractivity contribution in [2.45, 2.75) is 36.6 Å². The molecule has 1 heterocycles. The number of halogens is 1. The molecule has 2 rings (SSSR count). The van der Waals surface area contributed by atoms with Crippen LogP contribution in [0.3, 0.4) is 0 Å². The van der Waals surface area contributed by atoms with Crippen molar-refractivity contribution < 1.29 is 18.3 Å². The molecule has 1 aliphatic rings. The lowest BCUT2D eigenvalue weighted by atomic mass is 10.2. The summed E-state index contributed by atoms with van der Waals surface area (Å²) < 4.78 is 27.4. The number of hydrogen-bond acceptors (Lipinski definition) is 4. The van der Waals surface area contributed by atoms with Gasteiger partial charge in [-0.2, -0.15) is 4.31 Å². The number of nitrogens with zero attached hydrogens (tertiary/aromatic N) is 1. The summed E-state index contributed by atoms with van der Waals surface area (Å²) in [5.41, 5.74) is 0. The molecule has 1 aromatic heterocycles. The Morgan fingerprint density at radius 2 is 2.14 bits per heavy atom. The largest absolute Gasteiger partial charge is 0.477 e. The number of hydrogen-bond donors (Lipinski definition) is 1. The number of carboxylic acid groups (broad SMARTS) is 1. The molecule has 0 saturated heterocycles. The second kappa shape index (κ2) is 6.60. The molecule has 0 radical (unpaired) electrons. The van der Waals surface area contributed by atoms with Gasteiger partial charge >= 0.3 is 5.97 Å². The predicted molar refractivity (Wildman–Crippen MR) is 85.3 cm³/mol. The molecule has 1 N–H and O–H groups in total. The van der Waals surface area contributed by atoms with Crippen molar-refractivity contribution >= 4 is 43.3 Å². The maximum atomic E-state index is 12.8. The van der Waals surface area contributed by atoms with Gasteiger partial charge in [-0.05, 0) is 34.8 Å². The number of thiophene rings is 1. The summed E-state index contributed by atoms with van der Waals surface area (Å²) in [7, 11) is -3.73. The van der Waals surface area contributed by atoms with E-state index in [0.29, 0.717) is 3.79 Å². The van der Waals surface area contributed by atoms with E-state index in [1.807, 2.05) is 0 Å². The second-order valence-electron chi connectivity index (χ2n) is 4.86. The average molecular weight is 394 g/mol. The number of carboxylic acids is 1. The van der Waals surface area contributed by atoms with Crippen LogP contribution in [0.5, 0.6) is 0 Å². The van der Waals surface area contributed by atoms with Gasteiger partial charge in [-0.15, -0.1) is 17.9 Å². The maximum absolute atomic E-state index is 12.8. The molecule has 0 bridgehead atoms. The van der Waals surface area contributed by atoms with Crippen LogP contribution >= 0.6 is 27.3 Å². The first kappa shape index (κ1) is 16.7. The highest BCUT2D eigenvalue weighted by molar-refractivity contribution is 9.11. The second-order valence-corrected chi connectivity index (χ2v) is 9.08. The number of carbonyl (C=O) groups is 1. The molecule has 1 fully saturated rings. The molecular formula is C13H16BrNO4S2. The van der Waals surface area contributed by atoms with E-state index in [2.05, 4.69) is 22.5 Å². The van der Waals surface area contributed by atoms with E-state index >= 15 is 0 Å². The summed E-state index contributed by atoms with van der Waals surface area (Å²) in [6.07, 6.45) is 5.26. The summed E-state index contributed by atoms with van der Waals surface area (Å²) >= 11 is 4.09. The van der Waals surface area contributed by atoms with Gasteiger partial charge in [-0.1, -0.05) is 18.9 Å². The fourth-order valence-electron chi connectivity index (χ4n) is 2.52. The van der Waals surface area contributed by atoms with E-state index in [1.165, 1.54) is 10.4 Å². The third kappa shape index (κ3) is 3.39. The molecule has 21 heavy (non-hydrogen) atoms. The van der Waals surface area contributed by atoms with Gasteiger partial charge in [0.1, 0.15) is 9.77 Å². The van der Waals surface area contributed by atoms with Crippen LogP contribution in [0.25, 0.3) is 0 Å². The Bertz CT molecular complexity index is 647. The highest BCUT2D eigenvalue weighted by atomic mass is 79.9. The fraction of sp³-hybridized carbons (Fsp3) is 0.462. The Morgan fingerprint density at radius 1 is 1.52 bits per heavy atom. The summed E-state index contributed by atoms with van der Waals surface area (Å²) in [5.74, 6) is -1.13. The molecule has 1 aromatic rings. The minimum Gasteiger partial charge on any atom is -0.477 e. The Balaban J connectivity index is 2.42. The Kier molecular flexibility index (Phi) is 5.24. The van der Waals surface area contributed by atoms with Crippen molar-refractivity contribution in [3.05, 3.63) is 27.4 Å². The first-order chi connectivity index (χ1) is 9.87. The minimum atomic E-state index is -3.73. The van der Waals surface area contributed by atoms with Crippen LogP contribution in [0.15, 0.2) is 27.4 Å². The molecule has 8 heteroatoms. The van der Waals surface area contributed by atoms with Crippen molar-refractivity contribution in [3.63, 3.8) is 0 Å². The maximum Gasteiger partial charge on any atom is 0.345 e. The molecule has 0 spiro atoms. The normalized spacial score (nSPS) is 16.5. The summed E-state index contributed by atoms with van der Waals surface area (Å²) in [6, 6.07) is 1.19. The van der Waals surface area contributed by atoms with Crippen LogP contribution in [0.1, 0.15) is 35.4 Å². The van der Waals surface area contributed by atoms with E-state index in [-0.39, 0.29) is 22.4 Å². The predicted octanol–water partition coefficient (Wildman–Crippen LogP) is 3.33. The van der Waals surface area contributed by atoms with Crippen molar-refractivity contribution in [2.75, 3.05) is 6.54 Å². The summed E-state index contributed by atoms with van der Waals surface area (Å²) in [4.78, 5) is 11.0. The molecule has 116 valence electrons. The number of rotatable bonds is 6. The van der Waals surface area contributed by atoms with Crippen LogP contribution in [-0.2, 0) is 10.0 Å². The van der Waals surface area contributed by atoms with Gasteiger partial charge in [0.2, 0.25) is 10.0 Å². The van der Waals surface area contributed by atoms with Gasteiger partial charge in [0, 0.05) is 12.6 Å². The van der Waals surface area contributed by atoms with Crippen LogP contribution in [-0.4, -0.2) is 36.4 Å². The standard InChI is InChI=1S/C13H16BrNO4S2/c1-2-7-15(9-5-3-4-6-9)21(18,19)11-8-10(13(16)17)20-12(11)14/h2,8-9H,1,3-7H2,(H,16,17). The van der Waals surface area contributed by atoms with Gasteiger partial charge in [-0.3, -0.25) is 0 Å². The van der Waals surface area contributed by atoms with Crippen LogP contribution in [0.2, 0.25) is 0 Å². The number of sulfonamides is 1. The third-order valence-corrected chi connectivity index (χ3v) is 7.65. The highest BCUT2D eigenvalue weighted by Gasteiger charge is 2.35. The molecule has 0 aromatic carbocycles. The van der Waals surface area contributed by atoms with Gasteiger partial charge in [0.05, 0.1) is 3.79 Å². The lowest BCUT2D eigenvalue weighted by Gasteiger charge is -2.26. The van der Waals surface area contributed by atoms with Crippen molar-refractivity contribution in [1.82, 2.24) is 4.31 Å². The quantitative estimate of drug-likeness (QED) is 0.752. The lowest BCUT2D eigenvalue weighted by Crippen LogP contribution is -2.38. The molecular weight excluding hydrogens is 378 g/mol. The molecule has 0 amide bonds. The first-order valence-corrected chi connectivity index (χ1v) is 9.58. The Labute approximate surface area is 136 Å². The Hall–Kier alpha value is -0.700.